The Morgan fingerprint density at radius 3 is 2.45 bits per heavy atom. The molecule has 0 aliphatic carbocycles. The van der Waals surface area contributed by atoms with Crippen LogP contribution < -0.4 is 10.1 Å². The fourth-order valence-electron chi connectivity index (χ4n) is 4.71. The number of likely N-dealkylation sites (tertiary alicyclic amines) is 1. The number of aromatic nitrogens is 5. The van der Waals surface area contributed by atoms with Gasteiger partial charge in [0.05, 0.1) is 36.7 Å². The topological polar surface area (TPSA) is 118 Å². The van der Waals surface area contributed by atoms with E-state index in [0.29, 0.717) is 46.4 Å². The van der Waals surface area contributed by atoms with Crippen molar-refractivity contribution in [2.75, 3.05) is 18.4 Å². The third kappa shape index (κ3) is 7.68. The lowest BCUT2D eigenvalue weighted by Crippen LogP contribution is -2.33. The SMILES string of the molecule is Cn1cnc(CNc2ncc(Oc3cc(CN4CCC(CC(=O)O)CC4)cc(-c4cc(Cl)cc(Cl)c4)n3)cn2)c1. The van der Waals surface area contributed by atoms with E-state index in [-0.39, 0.29) is 12.3 Å². The zero-order valence-corrected chi connectivity index (χ0v) is 23.4. The molecule has 208 valence electrons. The van der Waals surface area contributed by atoms with Crippen LogP contribution in [0, 0.1) is 5.92 Å². The highest BCUT2D eigenvalue weighted by atomic mass is 35.5. The van der Waals surface area contributed by atoms with Gasteiger partial charge in [0.1, 0.15) is 0 Å². The summed E-state index contributed by atoms with van der Waals surface area (Å²) < 4.78 is 7.96. The number of nitrogens with zero attached hydrogens (tertiary/aromatic N) is 6. The number of aryl methyl sites for hydroxylation is 1. The Balaban J connectivity index is 1.32. The summed E-state index contributed by atoms with van der Waals surface area (Å²) in [5, 5.41) is 13.3. The van der Waals surface area contributed by atoms with Gasteiger partial charge in [0.25, 0.3) is 0 Å². The minimum Gasteiger partial charge on any atom is -0.481 e. The van der Waals surface area contributed by atoms with Gasteiger partial charge in [-0.3, -0.25) is 9.69 Å². The number of aliphatic carboxylic acids is 1. The minimum atomic E-state index is -0.736. The van der Waals surface area contributed by atoms with Crippen molar-refractivity contribution in [1.82, 2.24) is 29.4 Å². The summed E-state index contributed by atoms with van der Waals surface area (Å²) >= 11 is 12.5. The van der Waals surface area contributed by atoms with Gasteiger partial charge in [0, 0.05) is 47.9 Å². The molecule has 0 atom stereocenters. The van der Waals surface area contributed by atoms with Crippen LogP contribution >= 0.6 is 23.2 Å². The van der Waals surface area contributed by atoms with Crippen LogP contribution in [0.25, 0.3) is 11.3 Å². The molecule has 4 aromatic rings. The molecule has 0 unspecified atom stereocenters. The predicted octanol–water partition coefficient (Wildman–Crippen LogP) is 5.67. The largest absolute Gasteiger partial charge is 0.481 e. The molecule has 0 bridgehead atoms. The molecule has 1 fully saturated rings. The molecule has 1 saturated heterocycles. The second-order valence-electron chi connectivity index (χ2n) is 9.90. The van der Waals surface area contributed by atoms with Crippen molar-refractivity contribution in [1.29, 1.82) is 0 Å². The normalized spacial score (nSPS) is 14.3. The summed E-state index contributed by atoms with van der Waals surface area (Å²) in [6.07, 6.45) is 8.77. The summed E-state index contributed by atoms with van der Waals surface area (Å²) in [4.78, 5) is 31.1. The highest BCUT2D eigenvalue weighted by Crippen LogP contribution is 2.31. The molecule has 0 saturated carbocycles. The van der Waals surface area contributed by atoms with Gasteiger partial charge in [-0.05, 0) is 61.7 Å². The summed E-state index contributed by atoms with van der Waals surface area (Å²) in [7, 11) is 1.92. The van der Waals surface area contributed by atoms with Crippen LogP contribution in [0.15, 0.2) is 55.2 Å². The van der Waals surface area contributed by atoms with E-state index in [1.54, 1.807) is 24.8 Å². The lowest BCUT2D eigenvalue weighted by Gasteiger charge is -2.31. The Morgan fingerprint density at radius 2 is 1.80 bits per heavy atom. The van der Waals surface area contributed by atoms with E-state index in [1.165, 1.54) is 0 Å². The van der Waals surface area contributed by atoms with Crippen LogP contribution in [0.1, 0.15) is 30.5 Å². The number of ether oxygens (including phenoxy) is 1. The summed E-state index contributed by atoms with van der Waals surface area (Å²) in [6.45, 7) is 2.84. The monoisotopic (exact) mass is 581 g/mol. The Labute approximate surface area is 242 Å². The number of rotatable bonds is 10. The maximum Gasteiger partial charge on any atom is 0.303 e. The van der Waals surface area contributed by atoms with Crippen molar-refractivity contribution in [3.05, 3.63) is 76.6 Å². The van der Waals surface area contributed by atoms with Crippen LogP contribution in [0.5, 0.6) is 11.6 Å². The zero-order chi connectivity index (χ0) is 28.1. The predicted molar refractivity (Wildman–Crippen MR) is 153 cm³/mol. The van der Waals surface area contributed by atoms with Gasteiger partial charge in [-0.15, -0.1) is 0 Å². The second kappa shape index (κ2) is 12.6. The molecule has 3 aromatic heterocycles. The van der Waals surface area contributed by atoms with E-state index in [1.807, 2.05) is 42.1 Å². The van der Waals surface area contributed by atoms with Crippen LogP contribution in [0.4, 0.5) is 5.95 Å². The highest BCUT2D eigenvalue weighted by molar-refractivity contribution is 6.35. The Kier molecular flexibility index (Phi) is 8.78. The van der Waals surface area contributed by atoms with Crippen molar-refractivity contribution in [2.45, 2.75) is 32.4 Å². The molecule has 2 N–H and O–H groups in total. The standard InChI is InChI=1S/C28H29Cl2N7O3/c1-36-16-23(34-17-36)12-31-28-32-13-24(14-33-28)40-26-7-19(15-37-4-2-18(3-5-37)8-27(38)39)6-25(35-26)20-9-21(29)11-22(30)10-20/h6-7,9-11,13-14,16-18H,2-5,8,12,15H2,1H3,(H,38,39)(H,31,32,33). The lowest BCUT2D eigenvalue weighted by molar-refractivity contribution is -0.138. The minimum absolute atomic E-state index is 0.218. The van der Waals surface area contributed by atoms with E-state index in [0.717, 1.165) is 42.8 Å². The average molecular weight is 582 g/mol. The summed E-state index contributed by atoms with van der Waals surface area (Å²) in [6, 6.07) is 9.19. The van der Waals surface area contributed by atoms with Crippen molar-refractivity contribution >= 4 is 35.1 Å². The number of pyridine rings is 1. The maximum absolute atomic E-state index is 11.1. The maximum atomic E-state index is 11.1. The Hall–Kier alpha value is -3.73. The molecule has 0 spiro atoms. The van der Waals surface area contributed by atoms with E-state index in [2.05, 4.69) is 25.2 Å². The molecule has 5 rings (SSSR count). The molecule has 4 heterocycles. The molecule has 1 aliphatic rings. The molecule has 1 aliphatic heterocycles. The fourth-order valence-corrected chi connectivity index (χ4v) is 5.24. The first kappa shape index (κ1) is 27.8. The third-order valence-electron chi connectivity index (χ3n) is 6.63. The number of imidazole rings is 1. The number of anilines is 1. The summed E-state index contributed by atoms with van der Waals surface area (Å²) in [5.74, 6) is 0.774. The number of carboxylic acids is 1. The van der Waals surface area contributed by atoms with E-state index < -0.39 is 5.97 Å². The molecule has 12 heteroatoms. The van der Waals surface area contributed by atoms with Crippen molar-refractivity contribution in [3.8, 4) is 22.9 Å². The van der Waals surface area contributed by atoms with Crippen molar-refractivity contribution in [3.63, 3.8) is 0 Å². The molecular formula is C28H29Cl2N7O3. The van der Waals surface area contributed by atoms with E-state index in [4.69, 9.17) is 38.0 Å². The number of benzene rings is 1. The zero-order valence-electron chi connectivity index (χ0n) is 21.9. The highest BCUT2D eigenvalue weighted by Gasteiger charge is 2.22. The molecule has 0 radical (unpaired) electrons. The van der Waals surface area contributed by atoms with Gasteiger partial charge in [0.15, 0.2) is 5.75 Å². The van der Waals surface area contributed by atoms with Gasteiger partial charge >= 0.3 is 5.97 Å². The van der Waals surface area contributed by atoms with Gasteiger partial charge < -0.3 is 19.7 Å². The lowest BCUT2D eigenvalue weighted by atomic mass is 9.93. The first-order chi connectivity index (χ1) is 19.3. The van der Waals surface area contributed by atoms with Crippen LogP contribution in [-0.2, 0) is 24.9 Å². The number of carbonyl (C=O) groups is 1. The van der Waals surface area contributed by atoms with Crippen LogP contribution in [-0.4, -0.2) is 53.6 Å². The molecule has 1 aromatic carbocycles. The number of halogens is 2. The van der Waals surface area contributed by atoms with Gasteiger partial charge in [-0.25, -0.2) is 19.9 Å². The number of hydrogen-bond donors (Lipinski definition) is 2. The van der Waals surface area contributed by atoms with Gasteiger partial charge in [0.2, 0.25) is 11.8 Å². The number of carboxylic acid groups (broad SMARTS) is 1. The van der Waals surface area contributed by atoms with Crippen LogP contribution in [0.3, 0.4) is 0 Å². The molecule has 0 amide bonds. The smallest absolute Gasteiger partial charge is 0.303 e. The number of nitrogens with one attached hydrogen (secondary N) is 1. The van der Waals surface area contributed by atoms with E-state index >= 15 is 0 Å². The number of hydrogen-bond acceptors (Lipinski definition) is 8. The van der Waals surface area contributed by atoms with Crippen molar-refractivity contribution < 1.29 is 14.6 Å². The van der Waals surface area contributed by atoms with E-state index in [9.17, 15) is 4.79 Å². The van der Waals surface area contributed by atoms with Gasteiger partial charge in [-0.1, -0.05) is 23.2 Å². The molecule has 40 heavy (non-hydrogen) atoms. The average Bonchev–Trinajstić information content (AvgIpc) is 3.33. The molecule has 10 nitrogen and oxygen atoms in total. The van der Waals surface area contributed by atoms with Gasteiger partial charge in [-0.2, -0.15) is 0 Å². The third-order valence-corrected chi connectivity index (χ3v) is 7.07. The molecular weight excluding hydrogens is 553 g/mol. The Bertz CT molecular complexity index is 1450. The quantitative estimate of drug-likeness (QED) is 0.244. The first-order valence-electron chi connectivity index (χ1n) is 12.9. The fraction of sp³-hybridized carbons (Fsp3) is 0.321. The van der Waals surface area contributed by atoms with Crippen LogP contribution in [0.2, 0.25) is 10.0 Å². The summed E-state index contributed by atoms with van der Waals surface area (Å²) in [5.41, 5.74) is 3.33. The number of piperidine rings is 1. The Morgan fingerprint density at radius 1 is 1.07 bits per heavy atom. The first-order valence-corrected chi connectivity index (χ1v) is 13.7. The van der Waals surface area contributed by atoms with Crippen molar-refractivity contribution in [2.24, 2.45) is 13.0 Å². The second-order valence-corrected chi connectivity index (χ2v) is 10.8.